The van der Waals surface area contributed by atoms with Crippen molar-refractivity contribution < 1.29 is 0 Å². The SMILES string of the molecule is C.CC1(C)c2cc3nc[nH]c3cc2C(C)(C)C1(C)C. The van der Waals surface area contributed by atoms with Crippen molar-refractivity contribution in [1.29, 1.82) is 0 Å². The molecule has 0 saturated carbocycles. The second-order valence-electron chi connectivity index (χ2n) is 7.19. The molecule has 0 spiro atoms. The van der Waals surface area contributed by atoms with E-state index in [1.807, 2.05) is 0 Å². The van der Waals surface area contributed by atoms with Gasteiger partial charge in [-0.3, -0.25) is 0 Å². The molecule has 1 heterocycles. The van der Waals surface area contributed by atoms with Gasteiger partial charge in [0.15, 0.2) is 0 Å². The molecule has 3 rings (SSSR count). The summed E-state index contributed by atoms with van der Waals surface area (Å²) in [5, 5.41) is 0. The number of aromatic nitrogens is 2. The van der Waals surface area contributed by atoms with Crippen molar-refractivity contribution in [3.05, 3.63) is 29.6 Å². The molecule has 1 aliphatic carbocycles. The average molecular weight is 258 g/mol. The van der Waals surface area contributed by atoms with Crippen LogP contribution < -0.4 is 0 Å². The van der Waals surface area contributed by atoms with Gasteiger partial charge in [-0.05, 0) is 39.5 Å². The van der Waals surface area contributed by atoms with Gasteiger partial charge in [-0.1, -0.05) is 49.0 Å². The zero-order chi connectivity index (χ0) is 13.3. The molecule has 2 heteroatoms. The van der Waals surface area contributed by atoms with Gasteiger partial charge in [-0.25, -0.2) is 4.98 Å². The Labute approximate surface area is 116 Å². The number of imidazole rings is 1. The summed E-state index contributed by atoms with van der Waals surface area (Å²) in [5.41, 5.74) is 5.71. The van der Waals surface area contributed by atoms with E-state index in [2.05, 4.69) is 63.6 Å². The molecule has 0 amide bonds. The fourth-order valence-electron chi connectivity index (χ4n) is 3.47. The first-order chi connectivity index (χ1) is 8.19. The van der Waals surface area contributed by atoms with Crippen LogP contribution in [-0.2, 0) is 10.8 Å². The Morgan fingerprint density at radius 1 is 0.895 bits per heavy atom. The van der Waals surface area contributed by atoms with Crippen molar-refractivity contribution in [2.45, 2.75) is 59.8 Å². The minimum absolute atomic E-state index is 0. The molecule has 2 aromatic rings. The Hall–Kier alpha value is -1.31. The van der Waals surface area contributed by atoms with Crippen LogP contribution in [0, 0.1) is 5.41 Å². The number of H-pyrrole nitrogens is 1. The van der Waals surface area contributed by atoms with Crippen LogP contribution in [0.3, 0.4) is 0 Å². The third-order valence-corrected chi connectivity index (χ3v) is 6.03. The maximum Gasteiger partial charge on any atom is 0.0931 e. The first-order valence-electron chi connectivity index (χ1n) is 6.68. The Morgan fingerprint density at radius 2 is 1.42 bits per heavy atom. The van der Waals surface area contributed by atoms with Crippen molar-refractivity contribution in [3.63, 3.8) is 0 Å². The smallest absolute Gasteiger partial charge is 0.0931 e. The molecular weight excluding hydrogens is 232 g/mol. The van der Waals surface area contributed by atoms with E-state index in [4.69, 9.17) is 0 Å². The zero-order valence-corrected chi connectivity index (χ0v) is 12.2. The Bertz CT molecular complexity index is 578. The number of aromatic amines is 1. The van der Waals surface area contributed by atoms with Crippen LogP contribution in [0.4, 0.5) is 0 Å². The van der Waals surface area contributed by atoms with E-state index in [0.717, 1.165) is 11.0 Å². The van der Waals surface area contributed by atoms with Crippen molar-refractivity contribution in [2.75, 3.05) is 0 Å². The monoisotopic (exact) mass is 258 g/mol. The maximum absolute atomic E-state index is 4.40. The molecule has 1 aromatic carbocycles. The fraction of sp³-hybridized carbons (Fsp3) is 0.588. The molecule has 1 N–H and O–H groups in total. The van der Waals surface area contributed by atoms with E-state index < -0.39 is 0 Å². The first kappa shape index (κ1) is 14.1. The first-order valence-corrected chi connectivity index (χ1v) is 6.68. The van der Waals surface area contributed by atoms with Gasteiger partial charge in [0, 0.05) is 0 Å². The molecule has 0 radical (unpaired) electrons. The van der Waals surface area contributed by atoms with Crippen LogP contribution in [0.5, 0.6) is 0 Å². The van der Waals surface area contributed by atoms with Gasteiger partial charge in [-0.2, -0.15) is 0 Å². The van der Waals surface area contributed by atoms with Gasteiger partial charge in [0.05, 0.1) is 17.4 Å². The predicted octanol–water partition coefficient (Wildman–Crippen LogP) is 4.79. The highest BCUT2D eigenvalue weighted by atomic mass is 14.9. The molecule has 0 saturated heterocycles. The number of hydrogen-bond acceptors (Lipinski definition) is 1. The lowest BCUT2D eigenvalue weighted by Crippen LogP contribution is -2.42. The number of hydrogen-bond donors (Lipinski definition) is 1. The second kappa shape index (κ2) is 3.62. The average Bonchev–Trinajstić information content (AvgIpc) is 2.76. The molecule has 1 aliphatic rings. The summed E-state index contributed by atoms with van der Waals surface area (Å²) in [6, 6.07) is 4.58. The molecule has 1 aromatic heterocycles. The van der Waals surface area contributed by atoms with E-state index in [1.165, 1.54) is 11.1 Å². The zero-order valence-electron chi connectivity index (χ0n) is 12.2. The minimum atomic E-state index is 0. The third-order valence-electron chi connectivity index (χ3n) is 6.03. The molecule has 0 bridgehead atoms. The van der Waals surface area contributed by atoms with Crippen LogP contribution in [0.1, 0.15) is 60.1 Å². The van der Waals surface area contributed by atoms with Gasteiger partial charge < -0.3 is 4.98 Å². The highest BCUT2D eigenvalue weighted by Crippen LogP contribution is 2.61. The summed E-state index contributed by atoms with van der Waals surface area (Å²) in [5.74, 6) is 0. The normalized spacial score (nSPS) is 22.0. The van der Waals surface area contributed by atoms with Gasteiger partial charge in [-0.15, -0.1) is 0 Å². The quantitative estimate of drug-likeness (QED) is 0.723. The summed E-state index contributed by atoms with van der Waals surface area (Å²) in [4.78, 5) is 7.63. The van der Waals surface area contributed by atoms with Crippen molar-refractivity contribution >= 4 is 11.0 Å². The third kappa shape index (κ3) is 1.40. The van der Waals surface area contributed by atoms with Crippen LogP contribution >= 0.6 is 0 Å². The molecule has 0 atom stereocenters. The summed E-state index contributed by atoms with van der Waals surface area (Å²) >= 11 is 0. The number of rotatable bonds is 0. The van der Waals surface area contributed by atoms with E-state index in [1.54, 1.807) is 6.33 Å². The van der Waals surface area contributed by atoms with E-state index in [-0.39, 0.29) is 23.7 Å². The molecule has 0 fully saturated rings. The predicted molar refractivity (Wildman–Crippen MR) is 82.7 cm³/mol. The van der Waals surface area contributed by atoms with E-state index in [0.29, 0.717) is 0 Å². The number of fused-ring (bicyclic) bond motifs is 2. The van der Waals surface area contributed by atoms with Gasteiger partial charge in [0.2, 0.25) is 0 Å². The largest absolute Gasteiger partial charge is 0.345 e. The molecule has 2 nitrogen and oxygen atoms in total. The lowest BCUT2D eigenvalue weighted by molar-refractivity contribution is 0.125. The summed E-state index contributed by atoms with van der Waals surface area (Å²) in [6.07, 6.45) is 1.78. The van der Waals surface area contributed by atoms with Crippen molar-refractivity contribution in [3.8, 4) is 0 Å². The van der Waals surface area contributed by atoms with E-state index in [9.17, 15) is 0 Å². The standard InChI is InChI=1S/C16H22N2.CH4/c1-14(2)10-7-12-13(18-9-17-12)8-11(10)15(3,4)16(14,5)6;/h7-9H,1-6H3,(H,17,18);1H4. The summed E-state index contributed by atoms with van der Waals surface area (Å²) in [7, 11) is 0. The van der Waals surface area contributed by atoms with Gasteiger partial charge in [0.25, 0.3) is 0 Å². The molecule has 104 valence electrons. The molecule has 19 heavy (non-hydrogen) atoms. The number of nitrogens with zero attached hydrogens (tertiary/aromatic N) is 1. The molecular formula is C17H26N2. The minimum Gasteiger partial charge on any atom is -0.345 e. The molecule has 0 aliphatic heterocycles. The fourth-order valence-corrected chi connectivity index (χ4v) is 3.47. The Balaban J connectivity index is 0.00000133. The topological polar surface area (TPSA) is 28.7 Å². The Kier molecular flexibility index (Phi) is 2.69. The summed E-state index contributed by atoms with van der Waals surface area (Å²) < 4.78 is 0. The van der Waals surface area contributed by atoms with Crippen molar-refractivity contribution in [2.24, 2.45) is 5.41 Å². The molecule has 0 unspecified atom stereocenters. The Morgan fingerprint density at radius 3 is 2.00 bits per heavy atom. The van der Waals surface area contributed by atoms with Crippen LogP contribution in [0.15, 0.2) is 18.5 Å². The maximum atomic E-state index is 4.40. The van der Waals surface area contributed by atoms with Crippen molar-refractivity contribution in [1.82, 2.24) is 9.97 Å². The highest BCUT2D eigenvalue weighted by Gasteiger charge is 2.56. The number of nitrogens with one attached hydrogen (secondary N) is 1. The second-order valence-corrected chi connectivity index (χ2v) is 7.19. The van der Waals surface area contributed by atoms with Crippen LogP contribution in [-0.4, -0.2) is 9.97 Å². The summed E-state index contributed by atoms with van der Waals surface area (Å²) in [6.45, 7) is 14.2. The highest BCUT2D eigenvalue weighted by molar-refractivity contribution is 5.78. The van der Waals surface area contributed by atoms with Gasteiger partial charge >= 0.3 is 0 Å². The van der Waals surface area contributed by atoms with Crippen LogP contribution in [0.25, 0.3) is 11.0 Å². The van der Waals surface area contributed by atoms with E-state index >= 15 is 0 Å². The number of benzene rings is 1. The lowest BCUT2D eigenvalue weighted by atomic mass is 9.59. The van der Waals surface area contributed by atoms with Crippen LogP contribution in [0.2, 0.25) is 0 Å². The van der Waals surface area contributed by atoms with Gasteiger partial charge in [0.1, 0.15) is 0 Å². The lowest BCUT2D eigenvalue weighted by Gasteiger charge is -2.44.